The van der Waals surface area contributed by atoms with Crippen molar-refractivity contribution in [2.24, 2.45) is 11.7 Å². The van der Waals surface area contributed by atoms with Crippen LogP contribution in [0.3, 0.4) is 0 Å². The van der Waals surface area contributed by atoms with E-state index in [9.17, 15) is 9.59 Å². The van der Waals surface area contributed by atoms with Gasteiger partial charge in [-0.25, -0.2) is 0 Å². The normalized spacial score (nSPS) is 19.2. The van der Waals surface area contributed by atoms with Crippen molar-refractivity contribution in [2.75, 3.05) is 6.73 Å². The van der Waals surface area contributed by atoms with Gasteiger partial charge in [0, 0.05) is 12.8 Å². The van der Waals surface area contributed by atoms with Crippen molar-refractivity contribution in [3.8, 4) is 0 Å². The molecule has 4 nitrogen and oxygen atoms in total. The van der Waals surface area contributed by atoms with Crippen LogP contribution < -0.4 is 5.73 Å². The van der Waals surface area contributed by atoms with Crippen LogP contribution in [-0.4, -0.2) is 18.5 Å². The number of nitrogens with two attached hydrogens (primary N) is 1. The van der Waals surface area contributed by atoms with Crippen molar-refractivity contribution < 1.29 is 14.3 Å². The predicted molar refractivity (Wildman–Crippen MR) is 42.1 cm³/mol. The van der Waals surface area contributed by atoms with Gasteiger partial charge in [-0.3, -0.25) is 15.3 Å². The summed E-state index contributed by atoms with van der Waals surface area (Å²) in [7, 11) is 0. The summed E-state index contributed by atoms with van der Waals surface area (Å²) in [5, 5.41) is 0. The van der Waals surface area contributed by atoms with Gasteiger partial charge in [-0.2, -0.15) is 0 Å². The monoisotopic (exact) mass is 171 g/mol. The molecule has 1 aliphatic carbocycles. The Morgan fingerprint density at radius 3 is 2.58 bits per heavy atom. The first-order valence-electron chi connectivity index (χ1n) is 4.12. The Morgan fingerprint density at radius 1 is 1.50 bits per heavy atom. The molecular weight excluding hydrogens is 158 g/mol. The molecule has 0 heterocycles. The van der Waals surface area contributed by atoms with E-state index >= 15 is 0 Å². The minimum absolute atomic E-state index is 0.0662. The van der Waals surface area contributed by atoms with E-state index in [1.54, 1.807) is 0 Å². The van der Waals surface area contributed by atoms with Crippen LogP contribution in [0.5, 0.6) is 0 Å². The van der Waals surface area contributed by atoms with Gasteiger partial charge in [0.15, 0.2) is 0 Å². The SMILES string of the molecule is NCOC(=O)C1CCC(=O)CC1. The molecule has 0 aliphatic heterocycles. The van der Waals surface area contributed by atoms with Gasteiger partial charge < -0.3 is 4.74 Å². The van der Waals surface area contributed by atoms with Gasteiger partial charge >= 0.3 is 5.97 Å². The second-order valence-corrected chi connectivity index (χ2v) is 2.94. The van der Waals surface area contributed by atoms with Crippen molar-refractivity contribution in [3.05, 3.63) is 0 Å². The third-order valence-corrected chi connectivity index (χ3v) is 2.10. The maximum absolute atomic E-state index is 11.1. The van der Waals surface area contributed by atoms with Crippen molar-refractivity contribution in [2.45, 2.75) is 25.7 Å². The summed E-state index contributed by atoms with van der Waals surface area (Å²) in [5.41, 5.74) is 5.05. The Morgan fingerprint density at radius 2 is 2.08 bits per heavy atom. The van der Waals surface area contributed by atoms with Crippen molar-refractivity contribution in [3.63, 3.8) is 0 Å². The number of carbonyl (C=O) groups is 2. The van der Waals surface area contributed by atoms with Crippen LogP contribution in [0.2, 0.25) is 0 Å². The third kappa shape index (κ3) is 2.30. The zero-order valence-electron chi connectivity index (χ0n) is 6.91. The number of ether oxygens (including phenoxy) is 1. The fourth-order valence-corrected chi connectivity index (χ4v) is 1.38. The average molecular weight is 171 g/mol. The Kier molecular flexibility index (Phi) is 3.22. The van der Waals surface area contributed by atoms with Gasteiger partial charge in [0.05, 0.1) is 5.92 Å². The van der Waals surface area contributed by atoms with Gasteiger partial charge in [-0.1, -0.05) is 0 Å². The highest BCUT2D eigenvalue weighted by Gasteiger charge is 2.25. The van der Waals surface area contributed by atoms with Crippen LogP contribution in [-0.2, 0) is 14.3 Å². The first-order chi connectivity index (χ1) is 5.74. The highest BCUT2D eigenvalue weighted by Crippen LogP contribution is 2.22. The second-order valence-electron chi connectivity index (χ2n) is 2.94. The zero-order chi connectivity index (χ0) is 8.97. The minimum atomic E-state index is -0.259. The molecule has 0 atom stereocenters. The Hall–Kier alpha value is -0.900. The molecule has 1 aliphatic rings. The molecule has 0 spiro atoms. The van der Waals surface area contributed by atoms with Crippen molar-refractivity contribution in [1.82, 2.24) is 0 Å². The third-order valence-electron chi connectivity index (χ3n) is 2.10. The average Bonchev–Trinajstić information content (AvgIpc) is 2.06. The van der Waals surface area contributed by atoms with Crippen LogP contribution in [0.15, 0.2) is 0 Å². The lowest BCUT2D eigenvalue weighted by molar-refractivity contribution is -0.149. The van der Waals surface area contributed by atoms with Crippen LogP contribution in [0, 0.1) is 5.92 Å². The minimum Gasteiger partial charge on any atom is -0.450 e. The van der Waals surface area contributed by atoms with E-state index in [1.165, 1.54) is 0 Å². The first-order valence-corrected chi connectivity index (χ1v) is 4.12. The highest BCUT2D eigenvalue weighted by atomic mass is 16.5. The Labute approximate surface area is 71.1 Å². The van der Waals surface area contributed by atoms with E-state index in [1.807, 2.05) is 0 Å². The number of ketones is 1. The van der Waals surface area contributed by atoms with Crippen LogP contribution in [0.1, 0.15) is 25.7 Å². The lowest BCUT2D eigenvalue weighted by Gasteiger charge is -2.18. The molecule has 0 aromatic heterocycles. The molecule has 0 aromatic rings. The molecule has 0 aromatic carbocycles. The van der Waals surface area contributed by atoms with E-state index in [0.29, 0.717) is 25.7 Å². The lowest BCUT2D eigenvalue weighted by Crippen LogP contribution is -2.25. The highest BCUT2D eigenvalue weighted by molar-refractivity contribution is 5.82. The molecule has 0 bridgehead atoms. The largest absolute Gasteiger partial charge is 0.450 e. The van der Waals surface area contributed by atoms with Gasteiger partial charge in [-0.15, -0.1) is 0 Å². The topological polar surface area (TPSA) is 69.4 Å². The van der Waals surface area contributed by atoms with E-state index in [-0.39, 0.29) is 24.4 Å². The lowest BCUT2D eigenvalue weighted by atomic mass is 9.89. The number of hydrogen-bond donors (Lipinski definition) is 1. The van der Waals surface area contributed by atoms with Crippen LogP contribution in [0.4, 0.5) is 0 Å². The van der Waals surface area contributed by atoms with Crippen LogP contribution >= 0.6 is 0 Å². The molecule has 12 heavy (non-hydrogen) atoms. The number of Topliss-reactive ketones (excluding diaryl/α,β-unsaturated/α-hetero) is 1. The summed E-state index contributed by atoms with van der Waals surface area (Å²) in [4.78, 5) is 21.9. The molecule has 0 radical (unpaired) electrons. The standard InChI is InChI=1S/C8H13NO3/c9-5-12-8(11)6-1-3-7(10)4-2-6/h6H,1-5,9H2. The molecule has 0 saturated heterocycles. The van der Waals surface area contributed by atoms with E-state index < -0.39 is 0 Å². The number of esters is 1. The predicted octanol–water partition coefficient (Wildman–Crippen LogP) is 0.205. The molecule has 2 N–H and O–H groups in total. The van der Waals surface area contributed by atoms with Crippen LogP contribution in [0.25, 0.3) is 0 Å². The zero-order valence-corrected chi connectivity index (χ0v) is 6.91. The van der Waals surface area contributed by atoms with E-state index in [0.717, 1.165) is 0 Å². The molecule has 4 heteroatoms. The molecule has 1 rings (SSSR count). The summed E-state index contributed by atoms with van der Waals surface area (Å²) in [5.74, 6) is -0.122. The maximum atomic E-state index is 11.1. The molecule has 0 unspecified atom stereocenters. The maximum Gasteiger partial charge on any atom is 0.310 e. The molecule has 68 valence electrons. The summed E-state index contributed by atoms with van der Waals surface area (Å²) >= 11 is 0. The molecule has 0 amide bonds. The van der Waals surface area contributed by atoms with Gasteiger partial charge in [0.25, 0.3) is 0 Å². The smallest absolute Gasteiger partial charge is 0.310 e. The van der Waals surface area contributed by atoms with E-state index in [2.05, 4.69) is 4.74 Å². The number of hydrogen-bond acceptors (Lipinski definition) is 4. The van der Waals surface area contributed by atoms with Gasteiger partial charge in [0.1, 0.15) is 12.5 Å². The Balaban J connectivity index is 2.33. The Bertz CT molecular complexity index is 181. The van der Waals surface area contributed by atoms with Crippen molar-refractivity contribution >= 4 is 11.8 Å². The quantitative estimate of drug-likeness (QED) is 0.476. The number of rotatable bonds is 2. The van der Waals surface area contributed by atoms with Gasteiger partial charge in [0.2, 0.25) is 0 Å². The first kappa shape index (κ1) is 9.19. The van der Waals surface area contributed by atoms with Gasteiger partial charge in [-0.05, 0) is 12.8 Å². The summed E-state index contributed by atoms with van der Waals surface area (Å²) in [6.07, 6.45) is 2.25. The van der Waals surface area contributed by atoms with Crippen molar-refractivity contribution in [1.29, 1.82) is 0 Å². The second kappa shape index (κ2) is 4.21. The van der Waals surface area contributed by atoms with E-state index in [4.69, 9.17) is 5.73 Å². The molecular formula is C8H13NO3. The summed E-state index contributed by atoms with van der Waals surface area (Å²) in [6, 6.07) is 0. The summed E-state index contributed by atoms with van der Waals surface area (Å²) < 4.78 is 4.64. The fourth-order valence-electron chi connectivity index (χ4n) is 1.38. The molecule has 1 fully saturated rings. The molecule has 1 saturated carbocycles. The number of carbonyl (C=O) groups excluding carboxylic acids is 2. The summed E-state index contributed by atoms with van der Waals surface area (Å²) in [6.45, 7) is -0.0662. The fraction of sp³-hybridized carbons (Fsp3) is 0.750.